The first kappa shape index (κ1) is 19.7. The molecule has 0 radical (unpaired) electrons. The first-order valence-electron chi connectivity index (χ1n) is 9.35. The van der Waals surface area contributed by atoms with E-state index >= 15 is 0 Å². The first-order chi connectivity index (χ1) is 15.0. The number of hydrazine groups is 1. The summed E-state index contributed by atoms with van der Waals surface area (Å²) in [6, 6.07) is 17.2. The number of nitrogens with one attached hydrogen (secondary N) is 2. The summed E-state index contributed by atoms with van der Waals surface area (Å²) in [4.78, 5) is 26.3. The smallest absolute Gasteiger partial charge is 0.276 e. The van der Waals surface area contributed by atoms with Crippen molar-refractivity contribution in [2.75, 3.05) is 12.1 Å². The van der Waals surface area contributed by atoms with Crippen LogP contribution in [0.5, 0.6) is 11.5 Å². The number of halogens is 2. The molecule has 2 amide bonds. The lowest BCUT2D eigenvalue weighted by atomic mass is 10.0. The van der Waals surface area contributed by atoms with Crippen molar-refractivity contribution in [3.05, 3.63) is 86.8 Å². The third kappa shape index (κ3) is 3.68. The monoisotopic (exact) mass is 499 g/mol. The van der Waals surface area contributed by atoms with Gasteiger partial charge in [0.1, 0.15) is 6.17 Å². The zero-order chi connectivity index (χ0) is 21.5. The van der Waals surface area contributed by atoms with Crippen molar-refractivity contribution in [3.8, 4) is 11.5 Å². The number of nitrogens with zero attached hydrogens (tertiary/aromatic N) is 1. The fourth-order valence-corrected chi connectivity index (χ4v) is 3.97. The lowest BCUT2D eigenvalue weighted by molar-refractivity contribution is 0.0490. The van der Waals surface area contributed by atoms with Gasteiger partial charge in [0.2, 0.25) is 6.79 Å². The van der Waals surface area contributed by atoms with Crippen molar-refractivity contribution < 1.29 is 19.1 Å². The number of ether oxygens (including phenoxy) is 2. The zero-order valence-corrected chi connectivity index (χ0v) is 18.2. The van der Waals surface area contributed by atoms with Gasteiger partial charge in [-0.1, -0.05) is 33.6 Å². The predicted octanol–water partition coefficient (Wildman–Crippen LogP) is 4.74. The summed E-state index contributed by atoms with van der Waals surface area (Å²) in [5, 5.41) is 5.13. The number of carbonyl (C=O) groups is 2. The second kappa shape index (κ2) is 7.79. The molecule has 3 aromatic rings. The van der Waals surface area contributed by atoms with Crippen LogP contribution in [-0.4, -0.2) is 23.6 Å². The van der Waals surface area contributed by atoms with Crippen LogP contribution in [0.4, 0.5) is 5.69 Å². The van der Waals surface area contributed by atoms with E-state index in [1.54, 1.807) is 42.5 Å². The minimum atomic E-state index is -0.660. The highest BCUT2D eigenvalue weighted by atomic mass is 79.9. The molecule has 0 aromatic heterocycles. The number of hydrogen-bond donors (Lipinski definition) is 2. The van der Waals surface area contributed by atoms with Gasteiger partial charge in [0.05, 0.1) is 5.56 Å². The Labute approximate surface area is 191 Å². The molecule has 0 bridgehead atoms. The standard InChI is InChI=1S/C22H15BrClN3O4/c23-14-4-7-17-16(10-14)22(29)27(26-21(28)12-1-5-15(24)6-2-12)20(25-17)13-3-8-18-19(9-13)31-11-30-18/h1-10,20,25H,11H2,(H,26,28)/t20-/m1/s1. The van der Waals surface area contributed by atoms with Gasteiger partial charge in [-0.2, -0.15) is 0 Å². The Bertz CT molecular complexity index is 1200. The maximum Gasteiger partial charge on any atom is 0.276 e. The summed E-state index contributed by atoms with van der Waals surface area (Å²) < 4.78 is 11.6. The van der Waals surface area contributed by atoms with Gasteiger partial charge in [-0.25, -0.2) is 5.01 Å². The van der Waals surface area contributed by atoms with Gasteiger partial charge >= 0.3 is 0 Å². The van der Waals surface area contributed by atoms with Gasteiger partial charge in [0.15, 0.2) is 11.5 Å². The van der Waals surface area contributed by atoms with Gasteiger partial charge in [0, 0.05) is 26.3 Å². The van der Waals surface area contributed by atoms with Crippen LogP contribution >= 0.6 is 27.5 Å². The van der Waals surface area contributed by atoms with E-state index in [9.17, 15) is 9.59 Å². The average molecular weight is 501 g/mol. The molecule has 0 unspecified atom stereocenters. The normalized spacial score (nSPS) is 16.5. The van der Waals surface area contributed by atoms with Crippen molar-refractivity contribution in [1.82, 2.24) is 10.4 Å². The molecule has 0 spiro atoms. The molecular weight excluding hydrogens is 486 g/mol. The second-order valence-electron chi connectivity index (χ2n) is 6.97. The van der Waals surface area contributed by atoms with Crippen molar-refractivity contribution in [3.63, 3.8) is 0 Å². The molecule has 0 saturated heterocycles. The fraction of sp³-hybridized carbons (Fsp3) is 0.0909. The fourth-order valence-electron chi connectivity index (χ4n) is 3.48. The van der Waals surface area contributed by atoms with E-state index in [-0.39, 0.29) is 12.7 Å². The van der Waals surface area contributed by atoms with Crippen LogP contribution < -0.4 is 20.2 Å². The van der Waals surface area contributed by atoms with Crippen LogP contribution in [0.25, 0.3) is 0 Å². The third-order valence-corrected chi connectivity index (χ3v) is 5.77. The molecule has 7 nitrogen and oxygen atoms in total. The Morgan fingerprint density at radius 3 is 2.65 bits per heavy atom. The van der Waals surface area contributed by atoms with Crippen LogP contribution in [-0.2, 0) is 0 Å². The van der Waals surface area contributed by atoms with E-state index in [0.717, 1.165) is 10.0 Å². The molecule has 0 fully saturated rings. The van der Waals surface area contributed by atoms with Crippen LogP contribution in [0.15, 0.2) is 65.1 Å². The van der Waals surface area contributed by atoms with Crippen LogP contribution in [0.1, 0.15) is 32.4 Å². The highest BCUT2D eigenvalue weighted by Gasteiger charge is 2.35. The van der Waals surface area contributed by atoms with Gasteiger partial charge in [-0.05, 0) is 54.6 Å². The maximum atomic E-state index is 13.4. The Kier molecular flexibility index (Phi) is 4.95. The first-order valence-corrected chi connectivity index (χ1v) is 10.5. The van der Waals surface area contributed by atoms with E-state index in [1.165, 1.54) is 5.01 Å². The van der Waals surface area contributed by atoms with E-state index < -0.39 is 12.1 Å². The van der Waals surface area contributed by atoms with E-state index in [1.807, 2.05) is 18.2 Å². The summed E-state index contributed by atoms with van der Waals surface area (Å²) in [7, 11) is 0. The highest BCUT2D eigenvalue weighted by molar-refractivity contribution is 9.10. The summed E-state index contributed by atoms with van der Waals surface area (Å²) in [6.07, 6.45) is -0.660. The zero-order valence-electron chi connectivity index (χ0n) is 15.9. The van der Waals surface area contributed by atoms with Gasteiger partial charge in [0.25, 0.3) is 11.8 Å². The molecule has 9 heteroatoms. The number of carbonyl (C=O) groups excluding carboxylic acids is 2. The molecule has 2 N–H and O–H groups in total. The number of rotatable bonds is 3. The van der Waals surface area contributed by atoms with Crippen LogP contribution in [0, 0.1) is 0 Å². The largest absolute Gasteiger partial charge is 0.454 e. The second-order valence-corrected chi connectivity index (χ2v) is 8.32. The lowest BCUT2D eigenvalue weighted by Crippen LogP contribution is -2.52. The molecule has 3 aromatic carbocycles. The van der Waals surface area contributed by atoms with Gasteiger partial charge in [-0.15, -0.1) is 0 Å². The Hall–Kier alpha value is -3.23. The number of amides is 2. The Morgan fingerprint density at radius 2 is 1.84 bits per heavy atom. The van der Waals surface area contributed by atoms with E-state index in [4.69, 9.17) is 21.1 Å². The average Bonchev–Trinajstić information content (AvgIpc) is 3.24. The molecule has 2 heterocycles. The molecule has 0 aliphatic carbocycles. The van der Waals surface area contributed by atoms with Crippen molar-refractivity contribution >= 4 is 45.0 Å². The molecule has 1 atom stereocenters. The highest BCUT2D eigenvalue weighted by Crippen LogP contribution is 2.38. The minimum absolute atomic E-state index is 0.143. The van der Waals surface area contributed by atoms with Crippen LogP contribution in [0.2, 0.25) is 5.02 Å². The van der Waals surface area contributed by atoms with Crippen molar-refractivity contribution in [2.24, 2.45) is 0 Å². The summed E-state index contributed by atoms with van der Waals surface area (Å²) in [5.41, 5.74) is 4.93. The van der Waals surface area contributed by atoms with Crippen molar-refractivity contribution in [2.45, 2.75) is 6.17 Å². The number of hydrogen-bond acceptors (Lipinski definition) is 5. The third-order valence-electron chi connectivity index (χ3n) is 5.02. The molecular formula is C22H15BrClN3O4. The van der Waals surface area contributed by atoms with Gasteiger partial charge < -0.3 is 14.8 Å². The molecule has 2 aliphatic heterocycles. The summed E-state index contributed by atoms with van der Waals surface area (Å²) >= 11 is 9.32. The molecule has 2 aliphatic rings. The predicted molar refractivity (Wildman–Crippen MR) is 118 cm³/mol. The topological polar surface area (TPSA) is 79.9 Å². The summed E-state index contributed by atoms with van der Waals surface area (Å²) in [6.45, 7) is 0.143. The molecule has 0 saturated carbocycles. The Balaban J connectivity index is 1.53. The quantitative estimate of drug-likeness (QED) is 0.543. The number of anilines is 1. The number of fused-ring (bicyclic) bond motifs is 2. The summed E-state index contributed by atoms with van der Waals surface area (Å²) in [5.74, 6) is 0.431. The molecule has 156 valence electrons. The van der Waals surface area contributed by atoms with Gasteiger partial charge in [-0.3, -0.25) is 15.0 Å². The SMILES string of the molecule is O=C(NN1C(=O)c2cc(Br)ccc2N[C@H]1c1ccc2c(c1)OCO2)c1ccc(Cl)cc1. The van der Waals surface area contributed by atoms with Crippen molar-refractivity contribution in [1.29, 1.82) is 0 Å². The van der Waals surface area contributed by atoms with E-state index in [2.05, 4.69) is 26.7 Å². The molecule has 5 rings (SSSR count). The Morgan fingerprint density at radius 1 is 1.06 bits per heavy atom. The molecule has 31 heavy (non-hydrogen) atoms. The maximum absolute atomic E-state index is 13.4. The number of benzene rings is 3. The van der Waals surface area contributed by atoms with E-state index in [0.29, 0.717) is 33.3 Å². The minimum Gasteiger partial charge on any atom is -0.454 e. The van der Waals surface area contributed by atoms with Crippen LogP contribution in [0.3, 0.4) is 0 Å². The lowest BCUT2D eigenvalue weighted by Gasteiger charge is -2.37.